The highest BCUT2D eigenvalue weighted by Crippen LogP contribution is 2.28. The lowest BCUT2D eigenvalue weighted by atomic mass is 10.2. The van der Waals surface area contributed by atoms with Gasteiger partial charge in [-0.1, -0.05) is 36.4 Å². The van der Waals surface area contributed by atoms with E-state index in [-0.39, 0.29) is 17.2 Å². The molecule has 0 radical (unpaired) electrons. The molecule has 5 nitrogen and oxygen atoms in total. The average molecular weight is 454 g/mol. The topological polar surface area (TPSA) is 68.2 Å². The van der Waals surface area contributed by atoms with Crippen LogP contribution in [0.3, 0.4) is 0 Å². The van der Waals surface area contributed by atoms with E-state index in [1.54, 1.807) is 47.9 Å². The second kappa shape index (κ2) is 8.55. The van der Waals surface area contributed by atoms with Gasteiger partial charge in [0.1, 0.15) is 18.2 Å². The maximum absolute atomic E-state index is 13.8. The molecule has 4 rings (SSSR count). The summed E-state index contributed by atoms with van der Waals surface area (Å²) in [7, 11) is -3.76. The van der Waals surface area contributed by atoms with Crippen LogP contribution >= 0.6 is 0 Å². The van der Waals surface area contributed by atoms with Gasteiger partial charge in [-0.05, 0) is 48.4 Å². The third kappa shape index (κ3) is 4.55. The van der Waals surface area contributed by atoms with E-state index in [0.29, 0.717) is 27.7 Å². The molecule has 1 N–H and O–H groups in total. The van der Waals surface area contributed by atoms with Crippen LogP contribution in [0.5, 0.6) is 0 Å². The highest BCUT2D eigenvalue weighted by atomic mass is 32.2. The number of anilines is 1. The molecule has 1 aromatic heterocycles. The van der Waals surface area contributed by atoms with Gasteiger partial charge in [-0.2, -0.15) is 0 Å². The zero-order valence-corrected chi connectivity index (χ0v) is 18.0. The summed E-state index contributed by atoms with van der Waals surface area (Å²) in [6, 6.07) is 16.6. The molecule has 0 saturated heterocycles. The van der Waals surface area contributed by atoms with Gasteiger partial charge in [-0.15, -0.1) is 0 Å². The molecule has 0 aliphatic rings. The van der Waals surface area contributed by atoms with Crippen LogP contribution in [0.2, 0.25) is 0 Å². The number of nitrogens with zero attached hydrogens (tertiary/aromatic N) is 1. The fourth-order valence-corrected chi connectivity index (χ4v) is 5.08. The normalized spacial score (nSPS) is 11.6. The van der Waals surface area contributed by atoms with Crippen LogP contribution in [-0.4, -0.2) is 18.9 Å². The predicted molar refractivity (Wildman–Crippen MR) is 119 cm³/mol. The van der Waals surface area contributed by atoms with Crippen LogP contribution in [0.25, 0.3) is 10.9 Å². The van der Waals surface area contributed by atoms with E-state index < -0.39 is 27.4 Å². The number of carbonyl (C=O) groups excluding carboxylic acids is 1. The van der Waals surface area contributed by atoms with E-state index in [1.165, 1.54) is 36.5 Å². The quantitative estimate of drug-likeness (QED) is 0.453. The highest BCUT2D eigenvalue weighted by Gasteiger charge is 2.22. The molecule has 1 heterocycles. The second-order valence-electron chi connectivity index (χ2n) is 7.54. The first-order chi connectivity index (χ1) is 15.2. The first-order valence-electron chi connectivity index (χ1n) is 9.84. The Bertz CT molecular complexity index is 1410. The number of hydrogen-bond donors (Lipinski definition) is 1. The summed E-state index contributed by atoms with van der Waals surface area (Å²) in [5, 5.41) is 3.12. The smallest absolute Gasteiger partial charge is 0.244 e. The Hall–Kier alpha value is -3.52. The maximum Gasteiger partial charge on any atom is 0.244 e. The molecule has 0 atom stereocenters. The number of carbonyl (C=O) groups is 1. The number of aromatic nitrogens is 1. The predicted octanol–water partition coefficient (Wildman–Crippen LogP) is 4.84. The van der Waals surface area contributed by atoms with Gasteiger partial charge in [0.05, 0.1) is 10.6 Å². The number of nitrogens with one attached hydrogen (secondary N) is 1. The van der Waals surface area contributed by atoms with E-state index >= 15 is 0 Å². The molecular formula is C24H20F2N2O3S. The first kappa shape index (κ1) is 21.7. The number of fused-ring (bicyclic) bond motifs is 1. The zero-order valence-electron chi connectivity index (χ0n) is 17.2. The number of amides is 1. The Balaban J connectivity index is 1.62. The summed E-state index contributed by atoms with van der Waals surface area (Å²) in [6.07, 6.45) is 1.43. The van der Waals surface area contributed by atoms with Crippen molar-refractivity contribution in [2.75, 3.05) is 5.32 Å². The largest absolute Gasteiger partial charge is 0.337 e. The van der Waals surface area contributed by atoms with E-state index in [0.717, 1.165) is 0 Å². The molecule has 4 aromatic rings. The number of para-hydroxylation sites is 1. The van der Waals surface area contributed by atoms with Crippen LogP contribution in [-0.2, 0) is 26.9 Å². The minimum Gasteiger partial charge on any atom is -0.337 e. The summed E-state index contributed by atoms with van der Waals surface area (Å²) in [5.74, 6) is -1.59. The van der Waals surface area contributed by atoms with Crippen LogP contribution in [0.15, 0.2) is 77.8 Å². The van der Waals surface area contributed by atoms with Crippen molar-refractivity contribution in [3.8, 4) is 0 Å². The van der Waals surface area contributed by atoms with Crippen molar-refractivity contribution in [1.82, 2.24) is 4.57 Å². The van der Waals surface area contributed by atoms with Gasteiger partial charge >= 0.3 is 0 Å². The molecule has 8 heteroatoms. The summed E-state index contributed by atoms with van der Waals surface area (Å²) >= 11 is 0. The number of sulfone groups is 1. The van der Waals surface area contributed by atoms with E-state index in [2.05, 4.69) is 5.32 Å². The van der Waals surface area contributed by atoms with Crippen LogP contribution in [0.4, 0.5) is 14.5 Å². The number of rotatable bonds is 6. The number of hydrogen-bond acceptors (Lipinski definition) is 3. The molecule has 0 aliphatic heterocycles. The summed E-state index contributed by atoms with van der Waals surface area (Å²) in [5.41, 5.74) is 1.83. The van der Waals surface area contributed by atoms with Crippen LogP contribution in [0, 0.1) is 18.6 Å². The van der Waals surface area contributed by atoms with E-state index in [4.69, 9.17) is 0 Å². The first-order valence-corrected chi connectivity index (χ1v) is 11.5. The molecule has 0 fully saturated rings. The van der Waals surface area contributed by atoms with Crippen molar-refractivity contribution in [1.29, 1.82) is 0 Å². The van der Waals surface area contributed by atoms with E-state index in [1.807, 2.05) is 0 Å². The van der Waals surface area contributed by atoms with Crippen molar-refractivity contribution >= 4 is 32.3 Å². The molecule has 0 unspecified atom stereocenters. The number of benzene rings is 3. The standard InChI is InChI=1S/C24H20F2N2O3S/c1-16-6-11-19(12-21(16)26)27-24(29)14-28-13-23(20-4-2-3-5-22(20)28)32(30,31)15-17-7-9-18(25)10-8-17/h2-13H,14-15H2,1H3,(H,27,29). The lowest BCUT2D eigenvalue weighted by molar-refractivity contribution is -0.116. The van der Waals surface area contributed by atoms with Gasteiger partial charge in [-0.3, -0.25) is 4.79 Å². The molecule has 0 aliphatic carbocycles. The fraction of sp³-hybridized carbons (Fsp3) is 0.125. The highest BCUT2D eigenvalue weighted by molar-refractivity contribution is 7.90. The molecule has 3 aromatic carbocycles. The summed E-state index contributed by atoms with van der Waals surface area (Å²) < 4.78 is 54.7. The SMILES string of the molecule is Cc1ccc(NC(=O)Cn2cc(S(=O)(=O)Cc3ccc(F)cc3)c3ccccc32)cc1F. The number of halogens is 2. The third-order valence-corrected chi connectivity index (χ3v) is 6.84. The second-order valence-corrected chi connectivity index (χ2v) is 9.49. The van der Waals surface area contributed by atoms with Gasteiger partial charge in [-0.25, -0.2) is 17.2 Å². The minimum atomic E-state index is -3.76. The van der Waals surface area contributed by atoms with Crippen LogP contribution < -0.4 is 5.32 Å². The molecule has 32 heavy (non-hydrogen) atoms. The molecular weight excluding hydrogens is 434 g/mol. The fourth-order valence-electron chi connectivity index (χ4n) is 3.50. The Morgan fingerprint density at radius 2 is 1.72 bits per heavy atom. The van der Waals surface area contributed by atoms with Gasteiger partial charge in [0.2, 0.25) is 5.91 Å². The monoisotopic (exact) mass is 454 g/mol. The molecule has 0 bridgehead atoms. The van der Waals surface area contributed by atoms with Gasteiger partial charge in [0, 0.05) is 22.8 Å². The van der Waals surface area contributed by atoms with Crippen LogP contribution in [0.1, 0.15) is 11.1 Å². The molecule has 0 spiro atoms. The van der Waals surface area contributed by atoms with Gasteiger partial charge < -0.3 is 9.88 Å². The lowest BCUT2D eigenvalue weighted by Crippen LogP contribution is -2.18. The molecule has 0 saturated carbocycles. The minimum absolute atomic E-state index is 0.0894. The summed E-state index contributed by atoms with van der Waals surface area (Å²) in [4.78, 5) is 12.7. The zero-order chi connectivity index (χ0) is 22.9. The van der Waals surface area contributed by atoms with Gasteiger partial charge in [0.15, 0.2) is 9.84 Å². The lowest BCUT2D eigenvalue weighted by Gasteiger charge is -2.08. The summed E-state index contributed by atoms with van der Waals surface area (Å²) in [6.45, 7) is 1.48. The average Bonchev–Trinajstić information content (AvgIpc) is 3.12. The van der Waals surface area contributed by atoms with Crippen molar-refractivity contribution in [2.45, 2.75) is 24.1 Å². The Labute approximate surface area is 184 Å². The van der Waals surface area contributed by atoms with Crippen molar-refractivity contribution < 1.29 is 22.0 Å². The number of aryl methyl sites for hydroxylation is 1. The Morgan fingerprint density at radius 3 is 2.44 bits per heavy atom. The maximum atomic E-state index is 13.8. The molecule has 1 amide bonds. The third-order valence-electron chi connectivity index (χ3n) is 5.13. The van der Waals surface area contributed by atoms with E-state index in [9.17, 15) is 22.0 Å². The van der Waals surface area contributed by atoms with Gasteiger partial charge in [0.25, 0.3) is 0 Å². The molecule has 164 valence electrons. The Kier molecular flexibility index (Phi) is 5.80. The van der Waals surface area contributed by atoms with Crippen molar-refractivity contribution in [3.63, 3.8) is 0 Å². The Morgan fingerprint density at radius 1 is 1.00 bits per heavy atom. The van der Waals surface area contributed by atoms with Crippen molar-refractivity contribution in [3.05, 3.63) is 95.7 Å². The van der Waals surface area contributed by atoms with Crippen molar-refractivity contribution in [2.24, 2.45) is 0 Å².